The Morgan fingerprint density at radius 1 is 1.50 bits per heavy atom. The lowest BCUT2D eigenvalue weighted by Crippen LogP contribution is -2.50. The molecule has 20 heavy (non-hydrogen) atoms. The van der Waals surface area contributed by atoms with Crippen LogP contribution in [0.25, 0.3) is 0 Å². The summed E-state index contributed by atoms with van der Waals surface area (Å²) in [6.07, 6.45) is 0. The summed E-state index contributed by atoms with van der Waals surface area (Å²) >= 11 is 0. The molecule has 0 amide bonds. The van der Waals surface area contributed by atoms with E-state index in [-0.39, 0.29) is 19.0 Å². The molecule has 1 heterocycles. The Labute approximate surface area is 119 Å². The quantitative estimate of drug-likeness (QED) is 0.913. The smallest absolute Gasteiger partial charge is 0.134 e. The molecule has 0 aromatic heterocycles. The number of rotatable bonds is 4. The number of β-amino-alcohol motifs (C(OH)–C–C–N with tert-alkyl or cyclic N) is 1. The summed E-state index contributed by atoms with van der Waals surface area (Å²) in [6.45, 7) is 6.35. The average molecular weight is 283 g/mol. The molecule has 1 N–H and O–H groups in total. The number of hydrogen-bond donors (Lipinski definition) is 1. The van der Waals surface area contributed by atoms with Crippen molar-refractivity contribution in [3.8, 4) is 5.75 Å². The highest BCUT2D eigenvalue weighted by molar-refractivity contribution is 5.22. The molecule has 2 rings (SSSR count). The predicted molar refractivity (Wildman–Crippen MR) is 74.4 cm³/mol. The van der Waals surface area contributed by atoms with Crippen LogP contribution in [0.4, 0.5) is 4.39 Å². The predicted octanol–water partition coefficient (Wildman–Crippen LogP) is 1.68. The van der Waals surface area contributed by atoms with Gasteiger partial charge in [-0.05, 0) is 26.0 Å². The van der Waals surface area contributed by atoms with Crippen LogP contribution in [-0.2, 0) is 4.74 Å². The zero-order valence-corrected chi connectivity index (χ0v) is 12.0. The lowest BCUT2D eigenvalue weighted by molar-refractivity contribution is -0.0661. The van der Waals surface area contributed by atoms with Crippen molar-refractivity contribution in [1.29, 1.82) is 0 Å². The molecule has 1 aromatic carbocycles. The van der Waals surface area contributed by atoms with Gasteiger partial charge in [-0.15, -0.1) is 0 Å². The lowest BCUT2D eigenvalue weighted by atomic mass is 10.1. The highest BCUT2D eigenvalue weighted by Gasteiger charge is 2.34. The number of benzene rings is 1. The monoisotopic (exact) mass is 283 g/mol. The van der Waals surface area contributed by atoms with Gasteiger partial charge in [0.25, 0.3) is 0 Å². The zero-order chi connectivity index (χ0) is 14.6. The second-order valence-electron chi connectivity index (χ2n) is 5.59. The summed E-state index contributed by atoms with van der Waals surface area (Å²) in [5, 5.41) is 10.6. The molecule has 0 unspecified atom stereocenters. The van der Waals surface area contributed by atoms with Crippen LogP contribution in [0, 0.1) is 5.82 Å². The van der Waals surface area contributed by atoms with Crippen molar-refractivity contribution >= 4 is 0 Å². The van der Waals surface area contributed by atoms with Crippen LogP contribution in [0.3, 0.4) is 0 Å². The Kier molecular flexibility index (Phi) is 4.96. The molecule has 1 saturated heterocycles. The first kappa shape index (κ1) is 15.2. The van der Waals surface area contributed by atoms with Crippen LogP contribution < -0.4 is 4.74 Å². The largest absolute Gasteiger partial charge is 0.490 e. The summed E-state index contributed by atoms with van der Waals surface area (Å²) in [5.74, 6) is 0.0641. The minimum atomic E-state index is -1.08. The number of ether oxygens (including phenoxy) is 2. The second kappa shape index (κ2) is 6.52. The van der Waals surface area contributed by atoms with Gasteiger partial charge < -0.3 is 14.6 Å². The zero-order valence-electron chi connectivity index (χ0n) is 12.0. The van der Waals surface area contributed by atoms with Crippen molar-refractivity contribution in [3.63, 3.8) is 0 Å². The van der Waals surface area contributed by atoms with Crippen LogP contribution in [0.2, 0.25) is 0 Å². The number of aliphatic hydroxyl groups is 1. The van der Waals surface area contributed by atoms with E-state index in [4.69, 9.17) is 9.47 Å². The Balaban J connectivity index is 1.98. The van der Waals surface area contributed by atoms with Gasteiger partial charge in [-0.2, -0.15) is 0 Å². The lowest BCUT2D eigenvalue weighted by Gasteiger charge is -2.32. The molecule has 1 fully saturated rings. The van der Waals surface area contributed by atoms with Gasteiger partial charge in [-0.25, -0.2) is 4.39 Å². The molecule has 1 atom stereocenters. The van der Waals surface area contributed by atoms with E-state index in [1.807, 2.05) is 0 Å². The summed E-state index contributed by atoms with van der Waals surface area (Å²) < 4.78 is 24.1. The first-order valence-corrected chi connectivity index (χ1v) is 6.91. The third kappa shape index (κ3) is 4.16. The Morgan fingerprint density at radius 3 is 3.00 bits per heavy atom. The van der Waals surface area contributed by atoms with Crippen LogP contribution in [0.5, 0.6) is 5.75 Å². The number of nitrogens with zero attached hydrogens (tertiary/aromatic N) is 1. The maximum atomic E-state index is 13.1. The van der Waals surface area contributed by atoms with Gasteiger partial charge in [-0.1, -0.05) is 6.07 Å². The van der Waals surface area contributed by atoms with Crippen molar-refractivity contribution in [2.24, 2.45) is 0 Å². The SMILES string of the molecule is CC(C)N1CCOC[C@@](O)(COc2cccc(F)c2)C1. The van der Waals surface area contributed by atoms with E-state index in [0.29, 0.717) is 24.9 Å². The van der Waals surface area contributed by atoms with E-state index in [0.717, 1.165) is 6.54 Å². The fraction of sp³-hybridized carbons (Fsp3) is 0.600. The normalized spacial score (nSPS) is 24.6. The van der Waals surface area contributed by atoms with Crippen LogP contribution in [0.1, 0.15) is 13.8 Å². The van der Waals surface area contributed by atoms with Crippen molar-refractivity contribution in [1.82, 2.24) is 4.90 Å². The third-order valence-corrected chi connectivity index (χ3v) is 3.42. The van der Waals surface area contributed by atoms with E-state index in [1.165, 1.54) is 12.1 Å². The fourth-order valence-electron chi connectivity index (χ4n) is 2.25. The van der Waals surface area contributed by atoms with Crippen LogP contribution in [-0.4, -0.2) is 54.6 Å². The van der Waals surface area contributed by atoms with Gasteiger partial charge in [0, 0.05) is 25.2 Å². The number of halogens is 1. The first-order valence-electron chi connectivity index (χ1n) is 6.91. The summed E-state index contributed by atoms with van der Waals surface area (Å²) in [4.78, 5) is 2.15. The van der Waals surface area contributed by atoms with Gasteiger partial charge in [0.2, 0.25) is 0 Å². The molecule has 0 spiro atoms. The molecule has 1 aliphatic rings. The highest BCUT2D eigenvalue weighted by atomic mass is 19.1. The minimum Gasteiger partial charge on any atom is -0.490 e. The second-order valence-corrected chi connectivity index (χ2v) is 5.59. The molecule has 4 nitrogen and oxygen atoms in total. The summed E-state index contributed by atoms with van der Waals surface area (Å²) in [5.41, 5.74) is -1.08. The van der Waals surface area contributed by atoms with Gasteiger partial charge >= 0.3 is 0 Å². The molecular formula is C15H22FNO3. The molecule has 0 aliphatic carbocycles. The topological polar surface area (TPSA) is 41.9 Å². The van der Waals surface area contributed by atoms with E-state index < -0.39 is 5.60 Å². The van der Waals surface area contributed by atoms with E-state index >= 15 is 0 Å². The molecule has 1 aliphatic heterocycles. The summed E-state index contributed by atoms with van der Waals surface area (Å²) in [7, 11) is 0. The molecule has 5 heteroatoms. The maximum Gasteiger partial charge on any atom is 0.134 e. The van der Waals surface area contributed by atoms with Crippen molar-refractivity contribution < 1.29 is 19.0 Å². The highest BCUT2D eigenvalue weighted by Crippen LogP contribution is 2.18. The summed E-state index contributed by atoms with van der Waals surface area (Å²) in [6, 6.07) is 6.25. The van der Waals surface area contributed by atoms with Crippen LogP contribution >= 0.6 is 0 Å². The molecule has 1 aromatic rings. The molecule has 0 saturated carbocycles. The van der Waals surface area contributed by atoms with Crippen molar-refractivity contribution in [2.45, 2.75) is 25.5 Å². The molecule has 0 bridgehead atoms. The van der Waals surface area contributed by atoms with E-state index in [1.54, 1.807) is 12.1 Å². The Hall–Kier alpha value is -1.17. The Bertz CT molecular complexity index is 441. The Morgan fingerprint density at radius 2 is 2.30 bits per heavy atom. The van der Waals surface area contributed by atoms with E-state index in [9.17, 15) is 9.50 Å². The minimum absolute atomic E-state index is 0.0830. The van der Waals surface area contributed by atoms with Gasteiger partial charge in [0.05, 0.1) is 13.2 Å². The van der Waals surface area contributed by atoms with Gasteiger partial charge in [-0.3, -0.25) is 4.90 Å². The fourth-order valence-corrected chi connectivity index (χ4v) is 2.25. The molecule has 112 valence electrons. The van der Waals surface area contributed by atoms with E-state index in [2.05, 4.69) is 18.7 Å². The molecule has 0 radical (unpaired) electrons. The third-order valence-electron chi connectivity index (χ3n) is 3.42. The average Bonchev–Trinajstić information content (AvgIpc) is 2.59. The van der Waals surface area contributed by atoms with Crippen LogP contribution in [0.15, 0.2) is 24.3 Å². The molecular weight excluding hydrogens is 261 g/mol. The maximum absolute atomic E-state index is 13.1. The van der Waals surface area contributed by atoms with Gasteiger partial charge in [0.1, 0.15) is 23.8 Å². The van der Waals surface area contributed by atoms with Gasteiger partial charge in [0.15, 0.2) is 0 Å². The van der Waals surface area contributed by atoms with Crippen molar-refractivity contribution in [2.75, 3.05) is 32.9 Å². The first-order chi connectivity index (χ1) is 9.48. The standard InChI is InChI=1S/C15H22FNO3/c1-12(2)17-6-7-19-10-15(18,9-17)11-20-14-5-3-4-13(16)8-14/h3-5,8,12,18H,6-7,9-11H2,1-2H3/t15-/m1/s1. The van der Waals surface area contributed by atoms with Crippen molar-refractivity contribution in [3.05, 3.63) is 30.1 Å². The number of hydrogen-bond acceptors (Lipinski definition) is 4.